The van der Waals surface area contributed by atoms with Crippen LogP contribution in [-0.4, -0.2) is 71.0 Å². The van der Waals surface area contributed by atoms with Crippen LogP contribution in [0, 0.1) is 17.7 Å². The summed E-state index contributed by atoms with van der Waals surface area (Å²) in [6, 6.07) is 11.3. The number of halogens is 3. The second-order valence-electron chi connectivity index (χ2n) is 10.3. The molecule has 1 aliphatic carbocycles. The van der Waals surface area contributed by atoms with Crippen LogP contribution in [0.15, 0.2) is 47.4 Å². The molecule has 0 aromatic heterocycles. The summed E-state index contributed by atoms with van der Waals surface area (Å²) >= 11 is 11.9. The van der Waals surface area contributed by atoms with E-state index < -0.39 is 10.0 Å². The first-order valence-corrected chi connectivity index (χ1v) is 15.4. The Morgan fingerprint density at radius 2 is 1.82 bits per heavy atom. The predicted octanol–water partition coefficient (Wildman–Crippen LogP) is 5.39. The third-order valence-electron chi connectivity index (χ3n) is 7.33. The maximum atomic E-state index is 13.8. The molecule has 1 fully saturated rings. The van der Waals surface area contributed by atoms with E-state index in [1.807, 2.05) is 20.2 Å². The van der Waals surface area contributed by atoms with E-state index in [2.05, 4.69) is 10.2 Å². The summed E-state index contributed by atoms with van der Waals surface area (Å²) in [5, 5.41) is 3.29. The molecular formula is C28H38Cl2FN3O4S. The van der Waals surface area contributed by atoms with Crippen LogP contribution in [-0.2, 0) is 19.6 Å². The summed E-state index contributed by atoms with van der Waals surface area (Å²) in [6.07, 6.45) is 5.19. The fourth-order valence-electron chi connectivity index (χ4n) is 5.27. The standard InChI is InChI=1S/C28H38Cl2FN3O4S/c1-33(2)28(22-5-4-6-24(31)17-22)21-9-7-20(8-10-21)13-14-32-27(35)19-38-16-15-34(3)39(36,37)26-12-11-23(29)18-25(26)30/h4-6,11-12,17-18,20-21,28H,7-10,13-16,19H2,1-3H3,(H,32,35). The van der Waals surface area contributed by atoms with E-state index in [1.54, 1.807) is 12.1 Å². The zero-order chi connectivity index (χ0) is 28.6. The third-order valence-corrected chi connectivity index (χ3v) is 9.90. The predicted molar refractivity (Wildman–Crippen MR) is 153 cm³/mol. The van der Waals surface area contributed by atoms with Gasteiger partial charge in [-0.2, -0.15) is 4.31 Å². The van der Waals surface area contributed by atoms with Gasteiger partial charge in [0.05, 0.1) is 11.6 Å². The number of ether oxygens (including phenoxy) is 1. The van der Waals surface area contributed by atoms with Gasteiger partial charge in [0.25, 0.3) is 0 Å². The van der Waals surface area contributed by atoms with Gasteiger partial charge in [-0.3, -0.25) is 4.79 Å². The molecule has 39 heavy (non-hydrogen) atoms. The molecule has 11 heteroatoms. The Labute approximate surface area is 241 Å². The monoisotopic (exact) mass is 601 g/mol. The molecule has 1 saturated carbocycles. The highest BCUT2D eigenvalue weighted by atomic mass is 35.5. The smallest absolute Gasteiger partial charge is 0.245 e. The Morgan fingerprint density at radius 3 is 2.46 bits per heavy atom. The molecule has 1 amide bonds. The first-order chi connectivity index (χ1) is 18.5. The van der Waals surface area contributed by atoms with E-state index >= 15 is 0 Å². The van der Waals surface area contributed by atoms with Crippen LogP contribution < -0.4 is 5.32 Å². The van der Waals surface area contributed by atoms with Crippen LogP contribution in [0.4, 0.5) is 4.39 Å². The van der Waals surface area contributed by atoms with E-state index in [9.17, 15) is 17.6 Å². The van der Waals surface area contributed by atoms with Gasteiger partial charge >= 0.3 is 0 Å². The van der Waals surface area contributed by atoms with E-state index in [4.69, 9.17) is 27.9 Å². The number of rotatable bonds is 13. The highest BCUT2D eigenvalue weighted by Gasteiger charge is 2.30. The molecule has 0 radical (unpaired) electrons. The molecule has 2 aromatic rings. The lowest BCUT2D eigenvalue weighted by atomic mass is 9.75. The van der Waals surface area contributed by atoms with Crippen LogP contribution in [0.25, 0.3) is 0 Å². The Hall–Kier alpha value is -1.75. The summed E-state index contributed by atoms with van der Waals surface area (Å²) < 4.78 is 45.7. The van der Waals surface area contributed by atoms with E-state index in [0.29, 0.717) is 23.4 Å². The largest absolute Gasteiger partial charge is 0.370 e. The van der Waals surface area contributed by atoms with Crippen LogP contribution in [0.3, 0.4) is 0 Å². The minimum atomic E-state index is -3.80. The summed E-state index contributed by atoms with van der Waals surface area (Å²) in [7, 11) is 1.72. The molecule has 0 saturated heterocycles. The summed E-state index contributed by atoms with van der Waals surface area (Å²) in [4.78, 5) is 14.3. The number of carbonyl (C=O) groups is 1. The van der Waals surface area contributed by atoms with Crippen molar-refractivity contribution in [2.75, 3.05) is 47.4 Å². The first-order valence-electron chi connectivity index (χ1n) is 13.2. The average molecular weight is 603 g/mol. The fourth-order valence-corrected chi connectivity index (χ4v) is 7.17. The molecule has 0 aliphatic heterocycles. The van der Waals surface area contributed by atoms with Crippen molar-refractivity contribution in [1.29, 1.82) is 0 Å². The number of hydrogen-bond donors (Lipinski definition) is 1. The van der Waals surface area contributed by atoms with Crippen molar-refractivity contribution >= 4 is 39.1 Å². The maximum absolute atomic E-state index is 13.8. The second-order valence-corrected chi connectivity index (χ2v) is 13.2. The Morgan fingerprint density at radius 1 is 1.10 bits per heavy atom. The molecule has 1 unspecified atom stereocenters. The SMILES string of the molecule is CN(C)C(c1cccc(F)c1)C1CCC(CCNC(=O)COCCN(C)S(=O)(=O)c2ccc(Cl)cc2Cl)CC1. The van der Waals surface area contributed by atoms with E-state index in [1.165, 1.54) is 31.3 Å². The number of carbonyl (C=O) groups excluding carboxylic acids is 1. The molecule has 0 bridgehead atoms. The third kappa shape index (κ3) is 9.13. The topological polar surface area (TPSA) is 79.0 Å². The summed E-state index contributed by atoms with van der Waals surface area (Å²) in [5.74, 6) is 0.580. The Bertz CT molecular complexity index is 1210. The molecule has 0 heterocycles. The van der Waals surface area contributed by atoms with Crippen molar-refractivity contribution in [3.8, 4) is 0 Å². The average Bonchev–Trinajstić information content (AvgIpc) is 2.87. The van der Waals surface area contributed by atoms with Crippen molar-refractivity contribution in [2.24, 2.45) is 11.8 Å². The highest BCUT2D eigenvalue weighted by Crippen LogP contribution is 2.40. The second kappa shape index (κ2) is 14.8. The van der Waals surface area contributed by atoms with Crippen LogP contribution in [0.5, 0.6) is 0 Å². The molecule has 2 aromatic carbocycles. The minimum absolute atomic E-state index is 0.0333. The Kier molecular flexibility index (Phi) is 12.0. The number of likely N-dealkylation sites (N-methyl/N-ethyl adjacent to an activating group) is 1. The van der Waals surface area contributed by atoms with Gasteiger partial charge in [0.15, 0.2) is 0 Å². The van der Waals surface area contributed by atoms with Crippen molar-refractivity contribution in [3.63, 3.8) is 0 Å². The molecular weight excluding hydrogens is 564 g/mol. The number of hydrogen-bond acceptors (Lipinski definition) is 5. The minimum Gasteiger partial charge on any atom is -0.370 e. The van der Waals surface area contributed by atoms with Crippen LogP contribution in [0.1, 0.15) is 43.7 Å². The molecule has 3 rings (SSSR count). The van der Waals surface area contributed by atoms with Gasteiger partial charge in [0.2, 0.25) is 15.9 Å². The van der Waals surface area contributed by atoms with Crippen LogP contribution in [0.2, 0.25) is 10.0 Å². The Balaban J connectivity index is 1.33. The van der Waals surface area contributed by atoms with Crippen molar-refractivity contribution in [1.82, 2.24) is 14.5 Å². The molecule has 1 N–H and O–H groups in total. The van der Waals surface area contributed by atoms with Crippen LogP contribution >= 0.6 is 23.2 Å². The number of amides is 1. The number of nitrogens with one attached hydrogen (secondary N) is 1. The molecule has 1 aliphatic rings. The lowest BCUT2D eigenvalue weighted by molar-refractivity contribution is -0.125. The number of benzene rings is 2. The van der Waals surface area contributed by atoms with Gasteiger partial charge in [0.1, 0.15) is 17.3 Å². The van der Waals surface area contributed by atoms with E-state index in [-0.39, 0.29) is 47.4 Å². The van der Waals surface area contributed by atoms with Gasteiger partial charge in [0, 0.05) is 31.2 Å². The van der Waals surface area contributed by atoms with Crippen molar-refractivity contribution in [2.45, 2.75) is 43.0 Å². The van der Waals surface area contributed by atoms with Gasteiger partial charge in [-0.15, -0.1) is 0 Å². The quantitative estimate of drug-likeness (QED) is 0.312. The first kappa shape index (κ1) is 31.8. The van der Waals surface area contributed by atoms with Gasteiger partial charge < -0.3 is 15.0 Å². The molecule has 7 nitrogen and oxygen atoms in total. The van der Waals surface area contributed by atoms with E-state index in [0.717, 1.165) is 42.0 Å². The van der Waals surface area contributed by atoms with Crippen molar-refractivity contribution in [3.05, 3.63) is 63.9 Å². The summed E-state index contributed by atoms with van der Waals surface area (Å²) in [5.41, 5.74) is 1.02. The lowest BCUT2D eigenvalue weighted by Gasteiger charge is -2.37. The highest BCUT2D eigenvalue weighted by molar-refractivity contribution is 7.89. The normalized spacial score (nSPS) is 18.9. The summed E-state index contributed by atoms with van der Waals surface area (Å²) in [6.45, 7) is 0.570. The number of nitrogens with zero attached hydrogens (tertiary/aromatic N) is 2. The zero-order valence-corrected chi connectivity index (χ0v) is 25.0. The van der Waals surface area contributed by atoms with Gasteiger partial charge in [-0.25, -0.2) is 12.8 Å². The number of sulfonamides is 1. The maximum Gasteiger partial charge on any atom is 0.245 e. The van der Waals surface area contributed by atoms with Gasteiger partial charge in [-0.1, -0.05) is 48.2 Å². The zero-order valence-electron chi connectivity index (χ0n) is 22.7. The molecule has 0 spiro atoms. The fraction of sp³-hybridized carbons (Fsp3) is 0.536. The molecule has 216 valence electrons. The lowest BCUT2D eigenvalue weighted by Crippen LogP contribution is -2.34. The van der Waals surface area contributed by atoms with Gasteiger partial charge in [-0.05, 0) is 81.1 Å². The van der Waals surface area contributed by atoms with Crippen molar-refractivity contribution < 1.29 is 22.3 Å². The molecule has 1 atom stereocenters.